The van der Waals surface area contributed by atoms with Crippen LogP contribution in [-0.4, -0.2) is 20.1 Å². The Balaban J connectivity index is 2.44. The molecule has 0 amide bonds. The Morgan fingerprint density at radius 2 is 2.31 bits per heavy atom. The monoisotopic (exact) mass is 217 g/mol. The van der Waals surface area contributed by atoms with Crippen molar-refractivity contribution in [1.82, 2.24) is 15.0 Å². The Morgan fingerprint density at radius 1 is 1.50 bits per heavy atom. The lowest BCUT2D eigenvalue weighted by Crippen LogP contribution is -2.04. The summed E-state index contributed by atoms with van der Waals surface area (Å²) < 4.78 is 0. The first-order chi connectivity index (χ1) is 7.74. The highest BCUT2D eigenvalue weighted by atomic mass is 16.3. The predicted molar refractivity (Wildman–Crippen MR) is 61.0 cm³/mol. The molecule has 2 aromatic rings. The van der Waals surface area contributed by atoms with E-state index in [-0.39, 0.29) is 12.5 Å². The number of pyridine rings is 1. The van der Waals surface area contributed by atoms with Gasteiger partial charge in [0.05, 0.1) is 12.9 Å². The van der Waals surface area contributed by atoms with Gasteiger partial charge in [0.2, 0.25) is 0 Å². The van der Waals surface area contributed by atoms with Crippen LogP contribution in [0.3, 0.4) is 0 Å². The number of nitrogens with zero attached hydrogens (tertiary/aromatic N) is 2. The quantitative estimate of drug-likeness (QED) is 0.823. The molecule has 4 nitrogen and oxygen atoms in total. The van der Waals surface area contributed by atoms with Gasteiger partial charge in [-0.1, -0.05) is 6.92 Å². The highest BCUT2D eigenvalue weighted by molar-refractivity contribution is 5.35. The molecule has 0 aliphatic heterocycles. The van der Waals surface area contributed by atoms with Crippen molar-refractivity contribution in [2.45, 2.75) is 26.4 Å². The standard InChI is InChI=1S/C12H15N3O/c1-8(12-5-13-7-15-12)10-3-4-14-9(2)11(10)6-16/h3-5,7-8,16H,6H2,1-2H3,(H,13,15)/t8-/m0/s1. The summed E-state index contributed by atoms with van der Waals surface area (Å²) in [6.45, 7) is 4.02. The minimum atomic E-state index is 0.0213. The van der Waals surface area contributed by atoms with Crippen LogP contribution in [0, 0.1) is 6.92 Å². The zero-order valence-corrected chi connectivity index (χ0v) is 9.44. The number of hydrogen-bond donors (Lipinski definition) is 2. The van der Waals surface area contributed by atoms with E-state index in [1.165, 1.54) is 0 Å². The summed E-state index contributed by atoms with van der Waals surface area (Å²) in [4.78, 5) is 11.3. The van der Waals surface area contributed by atoms with Crippen molar-refractivity contribution in [3.05, 3.63) is 47.3 Å². The van der Waals surface area contributed by atoms with Gasteiger partial charge in [0.15, 0.2) is 0 Å². The Kier molecular flexibility index (Phi) is 3.01. The van der Waals surface area contributed by atoms with Crippen LogP contribution in [0.15, 0.2) is 24.8 Å². The molecule has 2 rings (SSSR count). The second-order valence-corrected chi connectivity index (χ2v) is 3.85. The smallest absolute Gasteiger partial charge is 0.0921 e. The molecule has 2 N–H and O–H groups in total. The summed E-state index contributed by atoms with van der Waals surface area (Å²) in [5, 5.41) is 9.38. The topological polar surface area (TPSA) is 61.8 Å². The molecule has 1 atom stereocenters. The zero-order valence-electron chi connectivity index (χ0n) is 9.44. The molecule has 0 unspecified atom stereocenters. The van der Waals surface area contributed by atoms with Crippen LogP contribution in [0.2, 0.25) is 0 Å². The molecule has 0 aliphatic carbocycles. The lowest BCUT2D eigenvalue weighted by atomic mass is 9.93. The van der Waals surface area contributed by atoms with Gasteiger partial charge in [-0.05, 0) is 18.6 Å². The zero-order chi connectivity index (χ0) is 11.5. The summed E-state index contributed by atoms with van der Waals surface area (Å²) in [5.41, 5.74) is 3.93. The Morgan fingerprint density at radius 3 is 2.94 bits per heavy atom. The predicted octanol–water partition coefficient (Wildman–Crippen LogP) is 1.76. The maximum absolute atomic E-state index is 9.38. The van der Waals surface area contributed by atoms with E-state index >= 15 is 0 Å². The molecule has 0 aromatic carbocycles. The molecule has 0 saturated heterocycles. The number of aliphatic hydroxyl groups excluding tert-OH is 1. The number of H-pyrrole nitrogens is 1. The van der Waals surface area contributed by atoms with E-state index in [1.807, 2.05) is 19.2 Å². The second kappa shape index (κ2) is 4.45. The summed E-state index contributed by atoms with van der Waals surface area (Å²) in [7, 11) is 0. The fourth-order valence-corrected chi connectivity index (χ4v) is 1.90. The van der Waals surface area contributed by atoms with Crippen molar-refractivity contribution < 1.29 is 5.11 Å². The maximum atomic E-state index is 9.38. The van der Waals surface area contributed by atoms with Crippen LogP contribution in [0.5, 0.6) is 0 Å². The van der Waals surface area contributed by atoms with Crippen molar-refractivity contribution in [3.63, 3.8) is 0 Å². The van der Waals surface area contributed by atoms with E-state index < -0.39 is 0 Å². The van der Waals surface area contributed by atoms with Crippen LogP contribution in [0.1, 0.15) is 35.4 Å². The van der Waals surface area contributed by atoms with E-state index in [0.717, 1.165) is 22.5 Å². The van der Waals surface area contributed by atoms with Gasteiger partial charge in [0.25, 0.3) is 0 Å². The maximum Gasteiger partial charge on any atom is 0.0921 e. The number of rotatable bonds is 3. The number of imidazole rings is 1. The third-order valence-corrected chi connectivity index (χ3v) is 2.92. The molecular formula is C12H15N3O. The molecule has 0 saturated carbocycles. The fourth-order valence-electron chi connectivity index (χ4n) is 1.90. The van der Waals surface area contributed by atoms with Crippen molar-refractivity contribution >= 4 is 0 Å². The molecule has 4 heteroatoms. The Labute approximate surface area is 94.4 Å². The molecule has 0 radical (unpaired) electrons. The molecule has 0 fully saturated rings. The molecule has 2 aromatic heterocycles. The molecule has 16 heavy (non-hydrogen) atoms. The van der Waals surface area contributed by atoms with E-state index in [1.54, 1.807) is 12.5 Å². The van der Waals surface area contributed by atoms with Crippen molar-refractivity contribution in [3.8, 4) is 0 Å². The lowest BCUT2D eigenvalue weighted by molar-refractivity contribution is 0.279. The molecule has 0 spiro atoms. The first-order valence-electron chi connectivity index (χ1n) is 5.27. The third-order valence-electron chi connectivity index (χ3n) is 2.92. The van der Waals surface area contributed by atoms with Gasteiger partial charge in [-0.15, -0.1) is 0 Å². The minimum absolute atomic E-state index is 0.0213. The SMILES string of the molecule is Cc1nccc([C@H](C)c2cnc[nH]2)c1CO. The van der Waals surface area contributed by atoms with E-state index in [2.05, 4.69) is 21.9 Å². The summed E-state index contributed by atoms with van der Waals surface area (Å²) in [6, 6.07) is 1.95. The van der Waals surface area contributed by atoms with Crippen LogP contribution >= 0.6 is 0 Å². The number of aryl methyl sites for hydroxylation is 1. The summed E-state index contributed by atoms with van der Waals surface area (Å²) in [5.74, 6) is 0.186. The first-order valence-corrected chi connectivity index (χ1v) is 5.27. The van der Waals surface area contributed by atoms with E-state index in [0.29, 0.717) is 0 Å². The van der Waals surface area contributed by atoms with Crippen molar-refractivity contribution in [2.75, 3.05) is 0 Å². The highest BCUT2D eigenvalue weighted by Crippen LogP contribution is 2.26. The largest absolute Gasteiger partial charge is 0.392 e. The summed E-state index contributed by atoms with van der Waals surface area (Å²) >= 11 is 0. The second-order valence-electron chi connectivity index (χ2n) is 3.85. The molecule has 0 aliphatic rings. The van der Waals surface area contributed by atoms with Gasteiger partial charge < -0.3 is 10.1 Å². The van der Waals surface area contributed by atoms with Crippen molar-refractivity contribution in [1.29, 1.82) is 0 Å². The van der Waals surface area contributed by atoms with Crippen LogP contribution < -0.4 is 0 Å². The fraction of sp³-hybridized carbons (Fsp3) is 0.333. The van der Waals surface area contributed by atoms with E-state index in [4.69, 9.17) is 0 Å². The molecular weight excluding hydrogens is 202 g/mol. The van der Waals surface area contributed by atoms with Crippen LogP contribution in [0.25, 0.3) is 0 Å². The average molecular weight is 217 g/mol. The van der Waals surface area contributed by atoms with E-state index in [9.17, 15) is 5.11 Å². The first kappa shape index (κ1) is 10.8. The van der Waals surface area contributed by atoms with Gasteiger partial charge in [0, 0.05) is 35.3 Å². The van der Waals surface area contributed by atoms with Gasteiger partial charge in [-0.3, -0.25) is 4.98 Å². The van der Waals surface area contributed by atoms with Gasteiger partial charge in [-0.25, -0.2) is 4.98 Å². The minimum Gasteiger partial charge on any atom is -0.392 e. The number of hydrogen-bond acceptors (Lipinski definition) is 3. The van der Waals surface area contributed by atoms with Crippen molar-refractivity contribution in [2.24, 2.45) is 0 Å². The van der Waals surface area contributed by atoms with Crippen LogP contribution in [-0.2, 0) is 6.61 Å². The lowest BCUT2D eigenvalue weighted by Gasteiger charge is -2.15. The number of aromatic nitrogens is 3. The van der Waals surface area contributed by atoms with Crippen LogP contribution in [0.4, 0.5) is 0 Å². The van der Waals surface area contributed by atoms with Gasteiger partial charge >= 0.3 is 0 Å². The highest BCUT2D eigenvalue weighted by Gasteiger charge is 2.15. The van der Waals surface area contributed by atoms with Gasteiger partial charge in [0.1, 0.15) is 0 Å². The summed E-state index contributed by atoms with van der Waals surface area (Å²) in [6.07, 6.45) is 5.25. The third kappa shape index (κ3) is 1.84. The number of nitrogens with one attached hydrogen (secondary N) is 1. The molecule has 84 valence electrons. The molecule has 0 bridgehead atoms. The van der Waals surface area contributed by atoms with Gasteiger partial charge in [-0.2, -0.15) is 0 Å². The molecule has 2 heterocycles. The normalized spacial score (nSPS) is 12.7. The average Bonchev–Trinajstić information content (AvgIpc) is 2.81. The number of aromatic amines is 1. The Hall–Kier alpha value is -1.68. The Bertz CT molecular complexity index is 465. The number of aliphatic hydroxyl groups is 1.